The molecular formula is C10H24N2O2S. The van der Waals surface area contributed by atoms with E-state index in [1.807, 2.05) is 13.8 Å². The van der Waals surface area contributed by atoms with Crippen molar-refractivity contribution in [2.45, 2.75) is 33.6 Å². The molecule has 0 saturated heterocycles. The zero-order valence-corrected chi connectivity index (χ0v) is 10.9. The van der Waals surface area contributed by atoms with Crippen molar-refractivity contribution in [2.75, 3.05) is 25.4 Å². The Bertz CT molecular complexity index is 238. The first-order valence-electron chi connectivity index (χ1n) is 5.66. The third kappa shape index (κ3) is 10.2. The number of hydrogen-bond acceptors (Lipinski definition) is 3. The molecule has 0 aliphatic rings. The van der Waals surface area contributed by atoms with E-state index in [2.05, 4.69) is 17.0 Å². The Morgan fingerprint density at radius 1 is 1.13 bits per heavy atom. The molecule has 0 radical (unpaired) electrons. The van der Waals surface area contributed by atoms with Gasteiger partial charge in [0.2, 0.25) is 10.0 Å². The van der Waals surface area contributed by atoms with Crippen LogP contribution in [0.4, 0.5) is 0 Å². The molecule has 92 valence electrons. The molecule has 0 spiro atoms. The Morgan fingerprint density at radius 2 is 1.80 bits per heavy atom. The number of nitrogens with one attached hydrogen (secondary N) is 2. The predicted octanol–water partition coefficient (Wildman–Crippen LogP) is 0.952. The van der Waals surface area contributed by atoms with E-state index in [9.17, 15) is 8.42 Å². The maximum atomic E-state index is 11.4. The Kier molecular flexibility index (Phi) is 8.00. The quantitative estimate of drug-likeness (QED) is 0.586. The Labute approximate surface area is 93.9 Å². The highest BCUT2D eigenvalue weighted by Gasteiger charge is 2.09. The van der Waals surface area contributed by atoms with Gasteiger partial charge in [-0.1, -0.05) is 20.8 Å². The van der Waals surface area contributed by atoms with Crippen LogP contribution in [0.3, 0.4) is 0 Å². The van der Waals surface area contributed by atoms with E-state index >= 15 is 0 Å². The Balaban J connectivity index is 3.56. The molecule has 0 saturated carbocycles. The van der Waals surface area contributed by atoms with Gasteiger partial charge in [-0.3, -0.25) is 0 Å². The van der Waals surface area contributed by atoms with Crippen molar-refractivity contribution in [1.82, 2.24) is 10.0 Å². The van der Waals surface area contributed by atoms with Gasteiger partial charge in [0.25, 0.3) is 0 Å². The van der Waals surface area contributed by atoms with Crippen molar-refractivity contribution in [3.8, 4) is 0 Å². The summed E-state index contributed by atoms with van der Waals surface area (Å²) in [7, 11) is -3.05. The first-order valence-corrected chi connectivity index (χ1v) is 7.31. The maximum Gasteiger partial charge on any atom is 0.211 e. The molecule has 0 bridgehead atoms. The van der Waals surface area contributed by atoms with Crippen molar-refractivity contribution >= 4 is 10.0 Å². The van der Waals surface area contributed by atoms with Crippen molar-refractivity contribution in [1.29, 1.82) is 0 Å². The second-order valence-electron chi connectivity index (χ2n) is 4.15. The first-order chi connectivity index (χ1) is 6.98. The van der Waals surface area contributed by atoms with Gasteiger partial charge in [-0.05, 0) is 25.3 Å². The number of rotatable bonds is 9. The standard InChI is InChI=1S/C10H24N2O2S/c1-4-6-11-7-8-12-15(13,14)9-5-10(2)3/h10-12H,4-9H2,1-3H3. The third-order valence-corrected chi connectivity index (χ3v) is 3.43. The van der Waals surface area contributed by atoms with Crippen molar-refractivity contribution in [3.63, 3.8) is 0 Å². The largest absolute Gasteiger partial charge is 0.315 e. The van der Waals surface area contributed by atoms with Crippen LogP contribution in [0.15, 0.2) is 0 Å². The fourth-order valence-electron chi connectivity index (χ4n) is 1.06. The summed E-state index contributed by atoms with van der Waals surface area (Å²) >= 11 is 0. The van der Waals surface area contributed by atoms with E-state index in [4.69, 9.17) is 0 Å². The normalized spacial score (nSPS) is 12.3. The zero-order chi connectivity index (χ0) is 11.7. The third-order valence-electron chi connectivity index (χ3n) is 2.01. The highest BCUT2D eigenvalue weighted by molar-refractivity contribution is 7.89. The minimum atomic E-state index is -3.05. The molecule has 2 N–H and O–H groups in total. The van der Waals surface area contributed by atoms with Gasteiger partial charge < -0.3 is 5.32 Å². The molecule has 0 aromatic rings. The molecule has 0 amide bonds. The van der Waals surface area contributed by atoms with Gasteiger partial charge in [-0.25, -0.2) is 13.1 Å². The maximum absolute atomic E-state index is 11.4. The zero-order valence-electron chi connectivity index (χ0n) is 10.0. The highest BCUT2D eigenvalue weighted by atomic mass is 32.2. The molecule has 0 aliphatic carbocycles. The minimum Gasteiger partial charge on any atom is -0.315 e. The van der Waals surface area contributed by atoms with E-state index in [0.717, 1.165) is 19.4 Å². The van der Waals surface area contributed by atoms with E-state index in [1.165, 1.54) is 0 Å². The van der Waals surface area contributed by atoms with Crippen LogP contribution in [-0.2, 0) is 10.0 Å². The van der Waals surface area contributed by atoms with Crippen LogP contribution < -0.4 is 10.0 Å². The molecule has 0 rings (SSSR count). The van der Waals surface area contributed by atoms with Crippen LogP contribution in [0, 0.1) is 5.92 Å². The molecule has 0 aromatic heterocycles. The summed E-state index contributed by atoms with van der Waals surface area (Å²) < 4.78 is 25.4. The van der Waals surface area contributed by atoms with Gasteiger partial charge in [-0.2, -0.15) is 0 Å². The number of hydrogen-bond donors (Lipinski definition) is 2. The summed E-state index contributed by atoms with van der Waals surface area (Å²) in [5.74, 6) is 0.665. The summed E-state index contributed by atoms with van der Waals surface area (Å²) in [6.07, 6.45) is 1.79. The SMILES string of the molecule is CCCNCCNS(=O)(=O)CCC(C)C. The molecule has 0 aromatic carbocycles. The smallest absolute Gasteiger partial charge is 0.211 e. The molecule has 5 heteroatoms. The summed E-state index contributed by atoms with van der Waals surface area (Å²) in [5.41, 5.74) is 0. The lowest BCUT2D eigenvalue weighted by Crippen LogP contribution is -2.33. The Morgan fingerprint density at radius 3 is 2.33 bits per heavy atom. The minimum absolute atomic E-state index is 0.235. The van der Waals surface area contributed by atoms with Crippen molar-refractivity contribution < 1.29 is 8.42 Å². The van der Waals surface area contributed by atoms with E-state index in [-0.39, 0.29) is 5.75 Å². The molecule has 15 heavy (non-hydrogen) atoms. The predicted molar refractivity (Wildman–Crippen MR) is 64.4 cm³/mol. The highest BCUT2D eigenvalue weighted by Crippen LogP contribution is 2.01. The fraction of sp³-hybridized carbons (Fsp3) is 1.00. The van der Waals surface area contributed by atoms with Crippen LogP contribution in [0.2, 0.25) is 0 Å². The summed E-state index contributed by atoms with van der Waals surface area (Å²) in [6.45, 7) is 8.26. The van der Waals surface area contributed by atoms with Gasteiger partial charge in [0, 0.05) is 13.1 Å². The molecular weight excluding hydrogens is 212 g/mol. The molecule has 0 unspecified atom stereocenters. The van der Waals surface area contributed by atoms with Crippen LogP contribution in [0.1, 0.15) is 33.6 Å². The van der Waals surface area contributed by atoms with E-state index < -0.39 is 10.0 Å². The summed E-state index contributed by atoms with van der Waals surface area (Å²) in [5, 5.41) is 3.15. The van der Waals surface area contributed by atoms with Gasteiger partial charge >= 0.3 is 0 Å². The second kappa shape index (κ2) is 8.07. The fourth-order valence-corrected chi connectivity index (χ4v) is 2.40. The lowest BCUT2D eigenvalue weighted by atomic mass is 10.2. The van der Waals surface area contributed by atoms with E-state index in [1.54, 1.807) is 0 Å². The average Bonchev–Trinajstić information content (AvgIpc) is 2.15. The molecule has 0 fully saturated rings. The average molecular weight is 236 g/mol. The summed E-state index contributed by atoms with van der Waals surface area (Å²) in [6, 6.07) is 0. The van der Waals surface area contributed by atoms with E-state index in [0.29, 0.717) is 19.0 Å². The van der Waals surface area contributed by atoms with Crippen LogP contribution in [-0.4, -0.2) is 33.8 Å². The van der Waals surface area contributed by atoms with Crippen molar-refractivity contribution in [3.05, 3.63) is 0 Å². The molecule has 0 heterocycles. The molecule has 4 nitrogen and oxygen atoms in total. The van der Waals surface area contributed by atoms with Crippen LogP contribution in [0.5, 0.6) is 0 Å². The van der Waals surface area contributed by atoms with Gasteiger partial charge in [-0.15, -0.1) is 0 Å². The van der Waals surface area contributed by atoms with Gasteiger partial charge in [0.05, 0.1) is 5.75 Å². The lowest BCUT2D eigenvalue weighted by Gasteiger charge is -2.08. The molecule has 0 atom stereocenters. The van der Waals surface area contributed by atoms with Gasteiger partial charge in [0.15, 0.2) is 0 Å². The first kappa shape index (κ1) is 14.9. The van der Waals surface area contributed by atoms with Crippen LogP contribution >= 0.6 is 0 Å². The van der Waals surface area contributed by atoms with Gasteiger partial charge in [0.1, 0.15) is 0 Å². The lowest BCUT2D eigenvalue weighted by molar-refractivity contribution is 0.558. The molecule has 0 aliphatic heterocycles. The number of sulfonamides is 1. The topological polar surface area (TPSA) is 58.2 Å². The monoisotopic (exact) mass is 236 g/mol. The second-order valence-corrected chi connectivity index (χ2v) is 6.07. The van der Waals surface area contributed by atoms with Crippen molar-refractivity contribution in [2.24, 2.45) is 5.92 Å². The van der Waals surface area contributed by atoms with Crippen LogP contribution in [0.25, 0.3) is 0 Å². The Hall–Kier alpha value is -0.130. The summed E-state index contributed by atoms with van der Waals surface area (Å²) in [4.78, 5) is 0.